The van der Waals surface area contributed by atoms with Crippen LogP contribution in [0, 0.1) is 13.8 Å². The average Bonchev–Trinajstić information content (AvgIpc) is 3.47. The van der Waals surface area contributed by atoms with Crippen LogP contribution in [0.2, 0.25) is 0 Å². The van der Waals surface area contributed by atoms with Gasteiger partial charge in [-0.15, -0.1) is 0 Å². The molecule has 184 valence electrons. The molecule has 3 heterocycles. The second-order valence-electron chi connectivity index (χ2n) is 9.06. The molecule has 2 aliphatic heterocycles. The molecule has 1 aromatic heterocycles. The third kappa shape index (κ3) is 3.72. The molecule has 0 saturated carbocycles. The summed E-state index contributed by atoms with van der Waals surface area (Å²) >= 11 is 0. The Morgan fingerprint density at radius 2 is 1.66 bits per heavy atom. The summed E-state index contributed by atoms with van der Waals surface area (Å²) in [6.07, 6.45) is 1.68. The van der Waals surface area contributed by atoms with E-state index in [2.05, 4.69) is 0 Å². The van der Waals surface area contributed by atoms with Gasteiger partial charge in [0.2, 0.25) is 11.5 Å². The van der Waals surface area contributed by atoms with Crippen LogP contribution in [0.4, 0.5) is 0 Å². The number of benzene rings is 2. The van der Waals surface area contributed by atoms with Gasteiger partial charge in [0.15, 0.2) is 16.9 Å². The molecule has 2 unspecified atom stereocenters. The average molecular weight is 480 g/mol. The monoisotopic (exact) mass is 479 g/mol. The van der Waals surface area contributed by atoms with E-state index >= 15 is 0 Å². The van der Waals surface area contributed by atoms with Crippen molar-refractivity contribution >= 4 is 16.9 Å². The topological polar surface area (TPSA) is 87.4 Å². The van der Waals surface area contributed by atoms with Gasteiger partial charge in [0.1, 0.15) is 5.58 Å². The predicted molar refractivity (Wildman–Crippen MR) is 130 cm³/mol. The Morgan fingerprint density at radius 1 is 0.971 bits per heavy atom. The zero-order valence-electron chi connectivity index (χ0n) is 20.6. The number of aryl methyl sites for hydroxylation is 2. The van der Waals surface area contributed by atoms with Crippen LogP contribution in [0.5, 0.6) is 17.2 Å². The first-order valence-corrected chi connectivity index (χ1v) is 11.7. The Kier molecular flexibility index (Phi) is 5.92. The van der Waals surface area contributed by atoms with Crippen molar-refractivity contribution in [3.63, 3.8) is 0 Å². The largest absolute Gasteiger partial charge is 0.493 e. The van der Waals surface area contributed by atoms with Crippen molar-refractivity contribution in [1.29, 1.82) is 0 Å². The molecule has 0 spiro atoms. The van der Waals surface area contributed by atoms with E-state index in [9.17, 15) is 9.59 Å². The van der Waals surface area contributed by atoms with E-state index in [1.165, 1.54) is 21.3 Å². The SMILES string of the molecule is COc1cc(C2c3c(oc4cc(C)c(C)cc4c3=O)C(=O)N2CC2CCCO2)cc(OC)c1OC. The lowest BCUT2D eigenvalue weighted by molar-refractivity contribution is 0.0486. The minimum Gasteiger partial charge on any atom is -0.493 e. The zero-order chi connectivity index (χ0) is 24.9. The van der Waals surface area contributed by atoms with Crippen LogP contribution in [0.3, 0.4) is 0 Å². The molecular formula is C27H29NO7. The lowest BCUT2D eigenvalue weighted by Gasteiger charge is -2.28. The highest BCUT2D eigenvalue weighted by Crippen LogP contribution is 2.45. The number of amides is 1. The van der Waals surface area contributed by atoms with Gasteiger partial charge in [0, 0.05) is 13.2 Å². The summed E-state index contributed by atoms with van der Waals surface area (Å²) in [6.45, 7) is 4.91. The van der Waals surface area contributed by atoms with Gasteiger partial charge in [-0.05, 0) is 67.6 Å². The minimum atomic E-state index is -0.683. The van der Waals surface area contributed by atoms with Crippen molar-refractivity contribution in [2.45, 2.75) is 38.8 Å². The molecule has 0 N–H and O–H groups in total. The molecule has 2 atom stereocenters. The van der Waals surface area contributed by atoms with Gasteiger partial charge in [0.25, 0.3) is 5.91 Å². The van der Waals surface area contributed by atoms with Crippen LogP contribution in [0.25, 0.3) is 11.0 Å². The first kappa shape index (κ1) is 23.2. The normalized spacial score (nSPS) is 19.3. The first-order valence-electron chi connectivity index (χ1n) is 11.7. The number of hydrogen-bond donors (Lipinski definition) is 0. The van der Waals surface area contributed by atoms with Gasteiger partial charge in [-0.25, -0.2) is 0 Å². The standard InChI is InChI=1S/C27H29NO7/c1-14-9-18-19(10-15(14)2)35-26-22(24(18)29)23(28(27(26)30)13-17-7-6-8-34-17)16-11-20(31-3)25(33-5)21(12-16)32-4/h9-12,17,23H,6-8,13H2,1-5H3. The Balaban J connectivity index is 1.76. The van der Waals surface area contributed by atoms with Crippen LogP contribution < -0.4 is 19.6 Å². The summed E-state index contributed by atoms with van der Waals surface area (Å²) in [7, 11) is 4.60. The molecule has 8 heteroatoms. The third-order valence-corrected chi connectivity index (χ3v) is 7.01. The van der Waals surface area contributed by atoms with Gasteiger partial charge < -0.3 is 28.3 Å². The highest BCUT2D eigenvalue weighted by atomic mass is 16.5. The van der Waals surface area contributed by atoms with E-state index < -0.39 is 6.04 Å². The number of carbonyl (C=O) groups excluding carboxylic acids is 1. The molecule has 35 heavy (non-hydrogen) atoms. The molecule has 2 aliphatic rings. The molecule has 3 aromatic rings. The quantitative estimate of drug-likeness (QED) is 0.525. The number of fused-ring (bicyclic) bond motifs is 2. The fourth-order valence-electron chi connectivity index (χ4n) is 5.08. The molecule has 5 rings (SSSR count). The Hall–Kier alpha value is -3.52. The fraction of sp³-hybridized carbons (Fsp3) is 0.407. The number of ether oxygens (including phenoxy) is 4. The molecule has 2 aromatic carbocycles. The number of nitrogens with zero attached hydrogens (tertiary/aromatic N) is 1. The van der Waals surface area contributed by atoms with E-state index in [0.29, 0.717) is 52.5 Å². The second kappa shape index (κ2) is 8.92. The van der Waals surface area contributed by atoms with E-state index in [-0.39, 0.29) is 23.2 Å². The summed E-state index contributed by atoms with van der Waals surface area (Å²) in [6, 6.07) is 6.52. The summed E-state index contributed by atoms with van der Waals surface area (Å²) in [5.74, 6) is 1.06. The molecule has 0 radical (unpaired) electrons. The minimum absolute atomic E-state index is 0.0718. The van der Waals surface area contributed by atoms with Crippen LogP contribution >= 0.6 is 0 Å². The Morgan fingerprint density at radius 3 is 2.26 bits per heavy atom. The first-order chi connectivity index (χ1) is 16.9. The molecular weight excluding hydrogens is 450 g/mol. The number of hydrogen-bond acceptors (Lipinski definition) is 7. The Labute approximate surface area is 203 Å². The third-order valence-electron chi connectivity index (χ3n) is 7.01. The predicted octanol–water partition coefficient (Wildman–Crippen LogP) is 4.16. The molecule has 8 nitrogen and oxygen atoms in total. The summed E-state index contributed by atoms with van der Waals surface area (Å²) in [5.41, 5.74) is 3.15. The van der Waals surface area contributed by atoms with Crippen LogP contribution in [0.1, 0.15) is 51.7 Å². The van der Waals surface area contributed by atoms with Crippen molar-refractivity contribution < 1.29 is 28.2 Å². The smallest absolute Gasteiger partial charge is 0.291 e. The lowest BCUT2D eigenvalue weighted by Crippen LogP contribution is -2.36. The van der Waals surface area contributed by atoms with Crippen LogP contribution in [0.15, 0.2) is 33.5 Å². The van der Waals surface area contributed by atoms with Gasteiger partial charge in [0.05, 0.1) is 44.4 Å². The zero-order valence-corrected chi connectivity index (χ0v) is 20.6. The molecule has 0 bridgehead atoms. The molecule has 0 aliphatic carbocycles. The highest BCUT2D eigenvalue weighted by Gasteiger charge is 2.44. The van der Waals surface area contributed by atoms with E-state index in [1.807, 2.05) is 26.0 Å². The molecule has 1 saturated heterocycles. The van der Waals surface area contributed by atoms with Crippen molar-refractivity contribution in [2.75, 3.05) is 34.5 Å². The molecule has 1 fully saturated rings. The van der Waals surface area contributed by atoms with Crippen molar-refractivity contribution in [3.05, 3.63) is 62.5 Å². The number of carbonyl (C=O) groups is 1. The maximum atomic E-state index is 13.9. The lowest BCUT2D eigenvalue weighted by atomic mass is 9.96. The maximum Gasteiger partial charge on any atom is 0.291 e. The maximum absolute atomic E-state index is 13.9. The van der Waals surface area contributed by atoms with Crippen LogP contribution in [-0.2, 0) is 4.74 Å². The van der Waals surface area contributed by atoms with E-state index in [0.717, 1.165) is 24.0 Å². The van der Waals surface area contributed by atoms with E-state index in [1.54, 1.807) is 17.0 Å². The van der Waals surface area contributed by atoms with Crippen LogP contribution in [-0.4, -0.2) is 51.4 Å². The van der Waals surface area contributed by atoms with Gasteiger partial charge in [-0.3, -0.25) is 9.59 Å². The van der Waals surface area contributed by atoms with Gasteiger partial charge in [-0.1, -0.05) is 0 Å². The number of rotatable bonds is 6. The van der Waals surface area contributed by atoms with Crippen molar-refractivity contribution in [2.24, 2.45) is 0 Å². The van der Waals surface area contributed by atoms with Crippen molar-refractivity contribution in [3.8, 4) is 17.2 Å². The summed E-state index contributed by atoms with van der Waals surface area (Å²) in [4.78, 5) is 29.2. The second-order valence-corrected chi connectivity index (χ2v) is 9.06. The summed E-state index contributed by atoms with van der Waals surface area (Å²) in [5, 5.41) is 0.455. The van der Waals surface area contributed by atoms with Crippen molar-refractivity contribution in [1.82, 2.24) is 4.90 Å². The summed E-state index contributed by atoms with van der Waals surface area (Å²) < 4.78 is 28.5. The highest BCUT2D eigenvalue weighted by molar-refractivity contribution is 5.99. The Bertz CT molecular complexity index is 1350. The van der Waals surface area contributed by atoms with Gasteiger partial charge in [-0.2, -0.15) is 0 Å². The number of methoxy groups -OCH3 is 3. The fourth-order valence-corrected chi connectivity index (χ4v) is 5.08. The molecule has 1 amide bonds. The van der Waals surface area contributed by atoms with E-state index in [4.69, 9.17) is 23.4 Å². The van der Waals surface area contributed by atoms with Gasteiger partial charge >= 0.3 is 0 Å².